The predicted octanol–water partition coefficient (Wildman–Crippen LogP) is 3.94. The Balaban J connectivity index is 1.54. The average molecular weight is 589 g/mol. The second kappa shape index (κ2) is 10.5. The maximum Gasteiger partial charge on any atom is 0.308 e. The van der Waals surface area contributed by atoms with E-state index in [0.717, 1.165) is 5.57 Å². The van der Waals surface area contributed by atoms with Crippen molar-refractivity contribution in [1.29, 1.82) is 0 Å². The van der Waals surface area contributed by atoms with Crippen molar-refractivity contribution in [2.24, 2.45) is 51.8 Å². The van der Waals surface area contributed by atoms with Gasteiger partial charge < -0.3 is 29.9 Å². The molecule has 0 radical (unpaired) electrons. The van der Waals surface area contributed by atoms with E-state index in [4.69, 9.17) is 9.47 Å². The molecule has 0 unspecified atom stereocenters. The van der Waals surface area contributed by atoms with Crippen LogP contribution in [0.1, 0.15) is 87.5 Å². The summed E-state index contributed by atoms with van der Waals surface area (Å²) in [5.74, 6) is -1.42. The van der Waals surface area contributed by atoms with Crippen LogP contribution in [0.3, 0.4) is 0 Å². The van der Waals surface area contributed by atoms with Crippen LogP contribution in [-0.4, -0.2) is 68.5 Å². The number of ketones is 1. The van der Waals surface area contributed by atoms with Crippen molar-refractivity contribution in [3.8, 4) is 0 Å². The molecule has 3 fully saturated rings. The van der Waals surface area contributed by atoms with Gasteiger partial charge in [-0.05, 0) is 74.7 Å². The lowest BCUT2D eigenvalue weighted by Gasteiger charge is -2.63. The Morgan fingerprint density at radius 3 is 2.48 bits per heavy atom. The summed E-state index contributed by atoms with van der Waals surface area (Å²) in [5, 5.41) is 44.2. The fourth-order valence-corrected chi connectivity index (χ4v) is 9.70. The minimum Gasteiger partial charge on any atom is -0.462 e. The molecular weight excluding hydrogens is 536 g/mol. The van der Waals surface area contributed by atoms with Crippen LogP contribution in [0.2, 0.25) is 0 Å². The zero-order chi connectivity index (χ0) is 31.2. The Morgan fingerprint density at radius 2 is 1.86 bits per heavy atom. The number of esters is 1. The highest BCUT2D eigenvalue weighted by atomic mass is 16.6. The number of carbonyl (C=O) groups is 2. The van der Waals surface area contributed by atoms with Crippen LogP contribution >= 0.6 is 0 Å². The molecule has 42 heavy (non-hydrogen) atoms. The van der Waals surface area contributed by atoms with Gasteiger partial charge in [-0.15, -0.1) is 0 Å². The highest BCUT2D eigenvalue weighted by molar-refractivity contribution is 5.95. The summed E-state index contributed by atoms with van der Waals surface area (Å²) < 4.78 is 12.3. The van der Waals surface area contributed by atoms with E-state index in [-0.39, 0.29) is 47.3 Å². The molecule has 0 aromatic carbocycles. The number of allylic oxidation sites excluding steroid dienone is 3. The van der Waals surface area contributed by atoms with Gasteiger partial charge in [0.2, 0.25) is 0 Å². The van der Waals surface area contributed by atoms with Gasteiger partial charge in [-0.1, -0.05) is 59.3 Å². The van der Waals surface area contributed by atoms with E-state index in [9.17, 15) is 30.0 Å². The molecule has 1 aliphatic heterocycles. The number of hydrogen-bond acceptors (Lipinski definition) is 8. The number of carbonyl (C=O) groups excluding carboxylic acids is 2. The van der Waals surface area contributed by atoms with Crippen molar-refractivity contribution in [2.45, 2.75) is 124 Å². The van der Waals surface area contributed by atoms with Crippen LogP contribution in [0, 0.1) is 51.8 Å². The molecule has 0 aromatic heterocycles. The monoisotopic (exact) mass is 588 g/mol. The van der Waals surface area contributed by atoms with E-state index >= 15 is 0 Å². The zero-order valence-corrected chi connectivity index (χ0v) is 26.5. The molecule has 0 aromatic rings. The number of aliphatic hydroxyl groups is 4. The number of aliphatic hydroxyl groups excluding tert-OH is 3. The molecule has 236 valence electrons. The van der Waals surface area contributed by atoms with Crippen molar-refractivity contribution < 1.29 is 39.5 Å². The van der Waals surface area contributed by atoms with E-state index in [1.807, 2.05) is 33.8 Å². The van der Waals surface area contributed by atoms with E-state index in [0.29, 0.717) is 32.1 Å². The van der Waals surface area contributed by atoms with E-state index in [1.165, 1.54) is 13.8 Å². The molecule has 2 saturated carbocycles. The van der Waals surface area contributed by atoms with Crippen molar-refractivity contribution >= 4 is 11.8 Å². The van der Waals surface area contributed by atoms with Crippen LogP contribution < -0.4 is 0 Å². The third kappa shape index (κ3) is 4.75. The molecule has 8 heteroatoms. The van der Waals surface area contributed by atoms with E-state index in [2.05, 4.69) is 19.9 Å². The van der Waals surface area contributed by atoms with Crippen LogP contribution in [0.4, 0.5) is 0 Å². The third-order valence-corrected chi connectivity index (χ3v) is 12.4. The normalized spacial score (nSPS) is 45.9. The summed E-state index contributed by atoms with van der Waals surface area (Å²) >= 11 is 0. The molecule has 1 saturated heterocycles. The fourth-order valence-electron chi connectivity index (χ4n) is 9.70. The maximum atomic E-state index is 13.4. The van der Waals surface area contributed by atoms with Crippen LogP contribution in [0.5, 0.6) is 0 Å². The topological polar surface area (TPSA) is 134 Å². The Hall–Kier alpha value is -1.58. The molecule has 5 rings (SSSR count). The van der Waals surface area contributed by atoms with E-state index in [1.54, 1.807) is 6.08 Å². The fraction of sp³-hybridized carbons (Fsp3) is 0.824. The number of ether oxygens (including phenoxy) is 2. The SMILES string of the molecule is CC[C@@H](C)C(=O)O[C@@H]1C[C@]2(C)C(=CC[C@H]2[C@@H]2C[C@H]([C@H](O)C(C)(C)O)O[C@@H]2O)[C@H]2[C@H]1[C@@]1(C)C=CC(=O)C(C)(C)[C@@H]1C[C@H]2O. The highest BCUT2D eigenvalue weighted by Gasteiger charge is 2.67. The number of fused-ring (bicyclic) bond motifs is 5. The Kier molecular flexibility index (Phi) is 7.96. The zero-order valence-electron chi connectivity index (χ0n) is 26.5. The first kappa shape index (κ1) is 31.8. The number of rotatable bonds is 6. The lowest BCUT2D eigenvalue weighted by molar-refractivity contribution is -0.192. The van der Waals surface area contributed by atoms with Gasteiger partial charge in [-0.25, -0.2) is 0 Å². The summed E-state index contributed by atoms with van der Waals surface area (Å²) in [5.41, 5.74) is -1.85. The van der Waals surface area contributed by atoms with Gasteiger partial charge in [0.25, 0.3) is 0 Å². The Bertz CT molecular complexity index is 1150. The Morgan fingerprint density at radius 1 is 1.19 bits per heavy atom. The van der Waals surface area contributed by atoms with Crippen molar-refractivity contribution in [3.63, 3.8) is 0 Å². The summed E-state index contributed by atoms with van der Waals surface area (Å²) in [7, 11) is 0. The van der Waals surface area contributed by atoms with Gasteiger partial charge in [-0.2, -0.15) is 0 Å². The standard InChI is InChI=1S/C34H52O8/c1-9-17(2)29(38)42-23-16-34(8)19(18-14-22(41-30(18)39)28(37)32(5,6)40)10-11-20(34)26-21(35)15-24-31(3,4)25(36)12-13-33(24,7)27(23)26/h11-13,17-19,21-24,26-28,30,35,37,39-40H,9-10,14-16H2,1-8H3/t17-,18+,19+,21-,22-,23-,24+,26-,27+,28+,30+,33+,34+/m1/s1. The van der Waals surface area contributed by atoms with Gasteiger partial charge in [-0.3, -0.25) is 9.59 Å². The minimum atomic E-state index is -1.38. The lowest BCUT2D eigenvalue weighted by atomic mass is 9.42. The molecule has 8 nitrogen and oxygen atoms in total. The molecule has 4 aliphatic carbocycles. The van der Waals surface area contributed by atoms with Gasteiger partial charge in [0.05, 0.1) is 23.7 Å². The van der Waals surface area contributed by atoms with Gasteiger partial charge >= 0.3 is 5.97 Å². The van der Waals surface area contributed by atoms with E-state index < -0.39 is 52.6 Å². The first-order valence-electron chi connectivity index (χ1n) is 15.9. The quantitative estimate of drug-likeness (QED) is 0.271. The molecule has 0 spiro atoms. The summed E-state index contributed by atoms with van der Waals surface area (Å²) in [6, 6.07) is 0. The predicted molar refractivity (Wildman–Crippen MR) is 157 cm³/mol. The lowest BCUT2D eigenvalue weighted by Crippen LogP contribution is -2.63. The minimum absolute atomic E-state index is 0.0580. The largest absolute Gasteiger partial charge is 0.462 e. The second-order valence-electron chi connectivity index (χ2n) is 15.7. The van der Waals surface area contributed by atoms with Crippen molar-refractivity contribution in [1.82, 2.24) is 0 Å². The molecule has 1 heterocycles. The molecule has 5 aliphatic rings. The van der Waals surface area contributed by atoms with Crippen LogP contribution in [-0.2, 0) is 19.1 Å². The van der Waals surface area contributed by atoms with Gasteiger partial charge in [0.1, 0.15) is 12.2 Å². The average Bonchev–Trinajstić information content (AvgIpc) is 3.44. The van der Waals surface area contributed by atoms with Crippen molar-refractivity contribution in [2.75, 3.05) is 0 Å². The molecular formula is C34H52O8. The third-order valence-electron chi connectivity index (χ3n) is 12.4. The molecule has 0 amide bonds. The smallest absolute Gasteiger partial charge is 0.308 e. The molecule has 0 bridgehead atoms. The maximum absolute atomic E-state index is 13.4. The molecule has 4 N–H and O–H groups in total. The first-order chi connectivity index (χ1) is 19.4. The summed E-state index contributed by atoms with van der Waals surface area (Å²) in [4.78, 5) is 26.4. The Labute approximate surface area is 250 Å². The highest BCUT2D eigenvalue weighted by Crippen LogP contribution is 2.68. The summed E-state index contributed by atoms with van der Waals surface area (Å²) in [6.45, 7) is 15.2. The first-order valence-corrected chi connectivity index (χ1v) is 15.9. The van der Waals surface area contributed by atoms with Gasteiger partial charge in [0.15, 0.2) is 12.1 Å². The van der Waals surface area contributed by atoms with Crippen LogP contribution in [0.25, 0.3) is 0 Å². The van der Waals surface area contributed by atoms with Gasteiger partial charge in [0, 0.05) is 23.2 Å². The number of hydrogen-bond donors (Lipinski definition) is 4. The van der Waals surface area contributed by atoms with Crippen molar-refractivity contribution in [3.05, 3.63) is 23.8 Å². The second-order valence-corrected chi connectivity index (χ2v) is 15.7. The summed E-state index contributed by atoms with van der Waals surface area (Å²) in [6.07, 6.45) is 4.48. The molecule has 13 atom stereocenters. The van der Waals surface area contributed by atoms with Crippen LogP contribution in [0.15, 0.2) is 23.8 Å².